The van der Waals surface area contributed by atoms with E-state index in [9.17, 15) is 0 Å². The summed E-state index contributed by atoms with van der Waals surface area (Å²) >= 11 is 5.17. The van der Waals surface area contributed by atoms with Crippen molar-refractivity contribution >= 4 is 12.2 Å². The first kappa shape index (κ1) is 11.5. The molecule has 2 nitrogen and oxygen atoms in total. The SMILES string of the molecule is CC(C)CCCC(C)n1cc[nH]c1=S. The second kappa shape index (κ2) is 5.35. The highest BCUT2D eigenvalue weighted by atomic mass is 32.1. The monoisotopic (exact) mass is 212 g/mol. The lowest BCUT2D eigenvalue weighted by atomic mass is 10.0. The number of rotatable bonds is 5. The van der Waals surface area contributed by atoms with Crippen LogP contribution in [-0.4, -0.2) is 9.55 Å². The molecule has 1 rings (SSSR count). The molecule has 0 aliphatic heterocycles. The van der Waals surface area contributed by atoms with E-state index in [1.165, 1.54) is 19.3 Å². The van der Waals surface area contributed by atoms with Crippen LogP contribution in [0.25, 0.3) is 0 Å². The molecule has 1 atom stereocenters. The molecule has 1 aromatic rings. The van der Waals surface area contributed by atoms with Crippen molar-refractivity contribution in [3.05, 3.63) is 17.2 Å². The van der Waals surface area contributed by atoms with Crippen LogP contribution in [-0.2, 0) is 0 Å². The lowest BCUT2D eigenvalue weighted by Gasteiger charge is -2.13. The van der Waals surface area contributed by atoms with Gasteiger partial charge in [-0.15, -0.1) is 0 Å². The third kappa shape index (κ3) is 3.29. The van der Waals surface area contributed by atoms with E-state index in [1.54, 1.807) is 0 Å². The van der Waals surface area contributed by atoms with Crippen molar-refractivity contribution in [3.63, 3.8) is 0 Å². The van der Waals surface area contributed by atoms with Gasteiger partial charge in [0.1, 0.15) is 0 Å². The number of nitrogens with zero attached hydrogens (tertiary/aromatic N) is 1. The van der Waals surface area contributed by atoms with Gasteiger partial charge in [0.2, 0.25) is 0 Å². The van der Waals surface area contributed by atoms with Crippen LogP contribution in [0.3, 0.4) is 0 Å². The van der Waals surface area contributed by atoms with E-state index >= 15 is 0 Å². The minimum atomic E-state index is 0.521. The Bertz CT molecular complexity index is 311. The summed E-state index contributed by atoms with van der Waals surface area (Å²) in [5.41, 5.74) is 0. The first-order valence-corrected chi connectivity index (χ1v) is 5.77. The highest BCUT2D eigenvalue weighted by molar-refractivity contribution is 7.71. The maximum absolute atomic E-state index is 5.17. The summed E-state index contributed by atoms with van der Waals surface area (Å²) in [5, 5.41) is 0. The first-order chi connectivity index (χ1) is 6.61. The molecule has 0 saturated heterocycles. The van der Waals surface area contributed by atoms with Crippen molar-refractivity contribution in [2.24, 2.45) is 5.92 Å². The number of H-pyrrole nitrogens is 1. The largest absolute Gasteiger partial charge is 0.337 e. The Hall–Kier alpha value is -0.570. The molecule has 0 fully saturated rings. The van der Waals surface area contributed by atoms with Crippen molar-refractivity contribution in [2.75, 3.05) is 0 Å². The minimum Gasteiger partial charge on any atom is -0.337 e. The Morgan fingerprint density at radius 2 is 2.07 bits per heavy atom. The average Bonchev–Trinajstić information content (AvgIpc) is 2.50. The van der Waals surface area contributed by atoms with Gasteiger partial charge in [-0.3, -0.25) is 0 Å². The molecule has 0 aliphatic rings. The molecule has 1 heterocycles. The number of aromatic nitrogens is 2. The molecule has 80 valence electrons. The van der Waals surface area contributed by atoms with Crippen molar-refractivity contribution in [2.45, 2.75) is 46.1 Å². The molecule has 0 aliphatic carbocycles. The van der Waals surface area contributed by atoms with Gasteiger partial charge >= 0.3 is 0 Å². The fraction of sp³-hybridized carbons (Fsp3) is 0.727. The molecule has 14 heavy (non-hydrogen) atoms. The minimum absolute atomic E-state index is 0.521. The third-order valence-electron chi connectivity index (χ3n) is 2.55. The van der Waals surface area contributed by atoms with Gasteiger partial charge < -0.3 is 9.55 Å². The summed E-state index contributed by atoms with van der Waals surface area (Å²) in [4.78, 5) is 3.03. The second-order valence-electron chi connectivity index (χ2n) is 4.35. The summed E-state index contributed by atoms with van der Waals surface area (Å²) in [6, 6.07) is 0.521. The van der Waals surface area contributed by atoms with E-state index in [4.69, 9.17) is 12.2 Å². The van der Waals surface area contributed by atoms with Crippen molar-refractivity contribution in [1.82, 2.24) is 9.55 Å². The predicted octanol–water partition coefficient (Wildman–Crippen LogP) is 3.93. The zero-order valence-corrected chi connectivity index (χ0v) is 10.1. The van der Waals surface area contributed by atoms with E-state index in [2.05, 4.69) is 30.3 Å². The molecule has 3 heteroatoms. The molecule has 1 N–H and O–H groups in total. The topological polar surface area (TPSA) is 20.7 Å². The molecule has 1 unspecified atom stereocenters. The van der Waals surface area contributed by atoms with Crippen LogP contribution in [0.4, 0.5) is 0 Å². The standard InChI is InChI=1S/C11H20N2S/c1-9(2)5-4-6-10(3)13-8-7-12-11(13)14/h7-10H,4-6H2,1-3H3,(H,12,14). The number of imidazole rings is 1. The molecule has 0 radical (unpaired) electrons. The highest BCUT2D eigenvalue weighted by Gasteiger charge is 2.05. The Labute approximate surface area is 91.3 Å². The maximum atomic E-state index is 5.17. The van der Waals surface area contributed by atoms with Gasteiger partial charge in [0.25, 0.3) is 0 Å². The molecule has 0 spiro atoms. The Morgan fingerprint density at radius 3 is 2.57 bits per heavy atom. The Balaban J connectivity index is 2.40. The molecule has 0 bridgehead atoms. The van der Waals surface area contributed by atoms with E-state index in [1.807, 2.05) is 12.4 Å². The van der Waals surface area contributed by atoms with Crippen LogP contribution in [0.15, 0.2) is 12.4 Å². The van der Waals surface area contributed by atoms with Gasteiger partial charge in [0.15, 0.2) is 4.77 Å². The normalized spacial score (nSPS) is 13.4. The van der Waals surface area contributed by atoms with Gasteiger partial charge in [-0.05, 0) is 31.5 Å². The highest BCUT2D eigenvalue weighted by Crippen LogP contribution is 2.16. The quantitative estimate of drug-likeness (QED) is 0.733. The fourth-order valence-electron chi connectivity index (χ4n) is 1.64. The number of nitrogens with one attached hydrogen (secondary N) is 1. The number of aromatic amines is 1. The van der Waals surface area contributed by atoms with Crippen molar-refractivity contribution in [3.8, 4) is 0 Å². The summed E-state index contributed by atoms with van der Waals surface area (Å²) in [6.45, 7) is 6.77. The summed E-state index contributed by atoms with van der Waals surface area (Å²) in [5.74, 6) is 0.807. The average molecular weight is 212 g/mol. The van der Waals surface area contributed by atoms with E-state index in [-0.39, 0.29) is 0 Å². The molecule has 0 amide bonds. The van der Waals surface area contributed by atoms with Gasteiger partial charge in [-0.25, -0.2) is 0 Å². The van der Waals surface area contributed by atoms with Crippen LogP contribution in [0.5, 0.6) is 0 Å². The maximum Gasteiger partial charge on any atom is 0.177 e. The third-order valence-corrected chi connectivity index (χ3v) is 2.88. The molecular formula is C11H20N2S. The Kier molecular flexibility index (Phi) is 4.39. The van der Waals surface area contributed by atoms with Crippen molar-refractivity contribution < 1.29 is 0 Å². The molecule has 0 aromatic carbocycles. The van der Waals surface area contributed by atoms with Crippen LogP contribution >= 0.6 is 12.2 Å². The summed E-state index contributed by atoms with van der Waals surface area (Å²) in [7, 11) is 0. The molecule has 0 saturated carbocycles. The Morgan fingerprint density at radius 1 is 1.36 bits per heavy atom. The molecule has 1 aromatic heterocycles. The van der Waals surface area contributed by atoms with Crippen LogP contribution < -0.4 is 0 Å². The second-order valence-corrected chi connectivity index (χ2v) is 4.73. The predicted molar refractivity (Wildman–Crippen MR) is 63.0 cm³/mol. The van der Waals surface area contributed by atoms with Gasteiger partial charge in [0.05, 0.1) is 0 Å². The van der Waals surface area contributed by atoms with Crippen LogP contribution in [0, 0.1) is 10.7 Å². The number of hydrogen-bond donors (Lipinski definition) is 1. The lowest BCUT2D eigenvalue weighted by Crippen LogP contribution is -2.04. The zero-order chi connectivity index (χ0) is 10.6. The summed E-state index contributed by atoms with van der Waals surface area (Å²) < 4.78 is 2.97. The zero-order valence-electron chi connectivity index (χ0n) is 9.29. The molecular weight excluding hydrogens is 192 g/mol. The van der Waals surface area contributed by atoms with E-state index in [0.29, 0.717) is 6.04 Å². The number of hydrogen-bond acceptors (Lipinski definition) is 1. The van der Waals surface area contributed by atoms with Crippen LogP contribution in [0.1, 0.15) is 46.1 Å². The van der Waals surface area contributed by atoms with Crippen molar-refractivity contribution in [1.29, 1.82) is 0 Å². The fourth-order valence-corrected chi connectivity index (χ4v) is 1.95. The first-order valence-electron chi connectivity index (χ1n) is 5.36. The van der Waals surface area contributed by atoms with Gasteiger partial charge in [-0.1, -0.05) is 26.7 Å². The summed E-state index contributed by atoms with van der Waals surface area (Å²) in [6.07, 6.45) is 7.74. The van der Waals surface area contributed by atoms with E-state index in [0.717, 1.165) is 10.7 Å². The van der Waals surface area contributed by atoms with E-state index < -0.39 is 0 Å². The smallest absolute Gasteiger partial charge is 0.177 e. The van der Waals surface area contributed by atoms with Crippen LogP contribution in [0.2, 0.25) is 0 Å². The lowest BCUT2D eigenvalue weighted by molar-refractivity contribution is 0.444. The van der Waals surface area contributed by atoms with Gasteiger partial charge in [0, 0.05) is 18.4 Å². The van der Waals surface area contributed by atoms with Gasteiger partial charge in [-0.2, -0.15) is 0 Å².